The predicted octanol–water partition coefficient (Wildman–Crippen LogP) is 5.72. The van der Waals surface area contributed by atoms with Crippen molar-refractivity contribution >= 4 is 29.3 Å². The van der Waals surface area contributed by atoms with Gasteiger partial charge in [-0.05, 0) is 55.3 Å². The molecule has 3 aromatic rings. The Morgan fingerprint density at radius 2 is 1.69 bits per heavy atom. The minimum Gasteiger partial charge on any atom is -0.462 e. The summed E-state index contributed by atoms with van der Waals surface area (Å²) < 4.78 is 5.02. The molecule has 3 aromatic carbocycles. The zero-order valence-electron chi connectivity index (χ0n) is 16.5. The third-order valence-corrected chi connectivity index (χ3v) is 5.50. The number of nitrogens with one attached hydrogen (secondary N) is 1. The Bertz CT molecular complexity index is 1000. The molecule has 0 aliphatic carbocycles. The van der Waals surface area contributed by atoms with Crippen LogP contribution in [0, 0.1) is 6.92 Å². The van der Waals surface area contributed by atoms with Gasteiger partial charge in [-0.2, -0.15) is 0 Å². The molecule has 0 unspecified atom stereocenters. The third-order valence-electron chi connectivity index (χ3n) is 4.35. The molecule has 0 aliphatic heterocycles. The Labute approximate surface area is 175 Å². The Balaban J connectivity index is 1.73. The predicted molar refractivity (Wildman–Crippen MR) is 118 cm³/mol. The van der Waals surface area contributed by atoms with E-state index in [-0.39, 0.29) is 11.9 Å². The number of esters is 1. The van der Waals surface area contributed by atoms with Gasteiger partial charge in [-0.1, -0.05) is 42.5 Å². The van der Waals surface area contributed by atoms with E-state index in [9.17, 15) is 9.59 Å². The van der Waals surface area contributed by atoms with Crippen molar-refractivity contribution in [3.05, 3.63) is 95.1 Å². The van der Waals surface area contributed by atoms with E-state index in [1.807, 2.05) is 49.4 Å². The average Bonchev–Trinajstić information content (AvgIpc) is 2.74. The molecule has 148 valence electrons. The quantitative estimate of drug-likeness (QED) is 0.404. The fraction of sp³-hybridized carbons (Fsp3) is 0.167. The zero-order chi connectivity index (χ0) is 20.6. The van der Waals surface area contributed by atoms with Crippen LogP contribution in [-0.4, -0.2) is 18.5 Å². The maximum Gasteiger partial charge on any atom is 0.338 e. The van der Waals surface area contributed by atoms with Crippen LogP contribution in [0.25, 0.3) is 0 Å². The number of benzene rings is 3. The molecule has 0 aromatic heterocycles. The second-order valence-electron chi connectivity index (χ2n) is 6.47. The number of carbonyl (C=O) groups is 2. The summed E-state index contributed by atoms with van der Waals surface area (Å²) >= 11 is 1.63. The molecule has 1 amide bonds. The molecule has 0 saturated heterocycles. The number of amides is 1. The second-order valence-corrected chi connectivity index (χ2v) is 7.49. The average molecular weight is 406 g/mol. The highest BCUT2D eigenvalue weighted by Crippen LogP contribution is 2.27. The van der Waals surface area contributed by atoms with E-state index in [1.165, 1.54) is 5.56 Å². The molecule has 4 nitrogen and oxygen atoms in total. The molecule has 0 aliphatic rings. The number of thioether (sulfide) groups is 1. The van der Waals surface area contributed by atoms with Crippen molar-refractivity contribution in [3.8, 4) is 0 Å². The number of anilines is 1. The van der Waals surface area contributed by atoms with Gasteiger partial charge in [0.15, 0.2) is 0 Å². The topological polar surface area (TPSA) is 55.4 Å². The van der Waals surface area contributed by atoms with Crippen molar-refractivity contribution in [2.45, 2.75) is 24.5 Å². The Morgan fingerprint density at radius 1 is 0.966 bits per heavy atom. The molecule has 0 atom stereocenters. The summed E-state index contributed by atoms with van der Waals surface area (Å²) in [4.78, 5) is 25.7. The number of hydrogen-bond donors (Lipinski definition) is 1. The summed E-state index contributed by atoms with van der Waals surface area (Å²) in [5.41, 5.74) is 3.78. The van der Waals surface area contributed by atoms with Crippen LogP contribution in [0.4, 0.5) is 5.69 Å². The van der Waals surface area contributed by atoms with E-state index in [2.05, 4.69) is 17.4 Å². The van der Waals surface area contributed by atoms with E-state index in [0.29, 0.717) is 23.4 Å². The van der Waals surface area contributed by atoms with E-state index < -0.39 is 0 Å². The first-order valence-electron chi connectivity index (χ1n) is 9.43. The van der Waals surface area contributed by atoms with E-state index in [0.717, 1.165) is 16.2 Å². The number of aryl methyl sites for hydroxylation is 1. The van der Waals surface area contributed by atoms with Crippen molar-refractivity contribution < 1.29 is 14.3 Å². The van der Waals surface area contributed by atoms with Gasteiger partial charge < -0.3 is 10.1 Å². The van der Waals surface area contributed by atoms with Gasteiger partial charge in [0.05, 0.1) is 17.7 Å². The minimum atomic E-state index is -0.365. The van der Waals surface area contributed by atoms with E-state index >= 15 is 0 Å². The van der Waals surface area contributed by atoms with Gasteiger partial charge >= 0.3 is 5.97 Å². The highest BCUT2D eigenvalue weighted by atomic mass is 32.2. The molecular formula is C24H23NO3S. The maximum absolute atomic E-state index is 12.9. The van der Waals surface area contributed by atoms with Gasteiger partial charge in [-0.3, -0.25) is 4.79 Å². The second kappa shape index (κ2) is 9.94. The van der Waals surface area contributed by atoms with Crippen molar-refractivity contribution in [2.24, 2.45) is 0 Å². The molecule has 0 saturated carbocycles. The van der Waals surface area contributed by atoms with Crippen LogP contribution < -0.4 is 5.32 Å². The minimum absolute atomic E-state index is 0.173. The molecule has 0 radical (unpaired) electrons. The first kappa shape index (κ1) is 20.7. The van der Waals surface area contributed by atoms with Crippen molar-refractivity contribution in [1.82, 2.24) is 0 Å². The molecule has 0 bridgehead atoms. The molecule has 1 N–H and O–H groups in total. The Morgan fingerprint density at radius 3 is 2.41 bits per heavy atom. The lowest BCUT2D eigenvalue weighted by Gasteiger charge is -2.12. The molecule has 3 rings (SSSR count). The van der Waals surface area contributed by atoms with Crippen molar-refractivity contribution in [3.63, 3.8) is 0 Å². The van der Waals surface area contributed by atoms with Gasteiger partial charge in [0.2, 0.25) is 0 Å². The van der Waals surface area contributed by atoms with E-state index in [4.69, 9.17) is 4.74 Å². The summed E-state index contributed by atoms with van der Waals surface area (Å²) in [6.45, 7) is 3.95. The maximum atomic E-state index is 12.9. The van der Waals surface area contributed by atoms with Crippen molar-refractivity contribution in [1.29, 1.82) is 0 Å². The number of ether oxygens (including phenoxy) is 1. The summed E-state index contributed by atoms with van der Waals surface area (Å²) in [7, 11) is 0. The summed E-state index contributed by atoms with van der Waals surface area (Å²) in [5.74, 6) is 0.252. The number of rotatable bonds is 7. The zero-order valence-corrected chi connectivity index (χ0v) is 17.3. The van der Waals surface area contributed by atoms with Crippen LogP contribution in [0.2, 0.25) is 0 Å². The summed E-state index contributed by atoms with van der Waals surface area (Å²) in [6.07, 6.45) is 0. The highest BCUT2D eigenvalue weighted by Gasteiger charge is 2.14. The fourth-order valence-electron chi connectivity index (χ4n) is 2.85. The normalized spacial score (nSPS) is 10.4. The van der Waals surface area contributed by atoms with Crippen LogP contribution in [-0.2, 0) is 10.5 Å². The highest BCUT2D eigenvalue weighted by molar-refractivity contribution is 7.98. The monoisotopic (exact) mass is 405 g/mol. The lowest BCUT2D eigenvalue weighted by atomic mass is 10.1. The van der Waals surface area contributed by atoms with Gasteiger partial charge in [-0.15, -0.1) is 11.8 Å². The van der Waals surface area contributed by atoms with Crippen LogP contribution in [0.15, 0.2) is 77.7 Å². The van der Waals surface area contributed by atoms with E-state index in [1.54, 1.807) is 36.9 Å². The molecule has 0 heterocycles. The van der Waals surface area contributed by atoms with Crippen LogP contribution in [0.3, 0.4) is 0 Å². The third kappa shape index (κ3) is 5.48. The summed E-state index contributed by atoms with van der Waals surface area (Å²) in [6, 6.07) is 22.9. The summed E-state index contributed by atoms with van der Waals surface area (Å²) in [5, 5.41) is 2.96. The van der Waals surface area contributed by atoms with Crippen LogP contribution >= 0.6 is 11.8 Å². The van der Waals surface area contributed by atoms with Crippen molar-refractivity contribution in [2.75, 3.05) is 11.9 Å². The first-order valence-corrected chi connectivity index (χ1v) is 10.4. The first-order chi connectivity index (χ1) is 14.1. The SMILES string of the molecule is CCOC(=O)c1ccc(NC(=O)c2ccccc2SCc2ccccc2)c(C)c1. The lowest BCUT2D eigenvalue weighted by Crippen LogP contribution is -2.14. The van der Waals surface area contributed by atoms with Gasteiger partial charge in [-0.25, -0.2) is 4.79 Å². The lowest BCUT2D eigenvalue weighted by molar-refractivity contribution is 0.0526. The van der Waals surface area contributed by atoms with Gasteiger partial charge in [0.25, 0.3) is 5.91 Å². The van der Waals surface area contributed by atoms with Gasteiger partial charge in [0.1, 0.15) is 0 Å². The largest absolute Gasteiger partial charge is 0.462 e. The molecule has 0 fully saturated rings. The Hall–Kier alpha value is -3.05. The molecule has 5 heteroatoms. The standard InChI is InChI=1S/C24H23NO3S/c1-3-28-24(27)19-13-14-21(17(2)15-19)25-23(26)20-11-7-8-12-22(20)29-16-18-9-5-4-6-10-18/h4-15H,3,16H2,1-2H3,(H,25,26). The molecule has 0 spiro atoms. The molecular weight excluding hydrogens is 382 g/mol. The van der Waals surface area contributed by atoms with Crippen LogP contribution in [0.1, 0.15) is 38.8 Å². The van der Waals surface area contributed by atoms with Crippen LogP contribution in [0.5, 0.6) is 0 Å². The fourth-order valence-corrected chi connectivity index (χ4v) is 3.86. The molecule has 29 heavy (non-hydrogen) atoms. The smallest absolute Gasteiger partial charge is 0.338 e. The Kier molecular flexibility index (Phi) is 7.09. The number of hydrogen-bond acceptors (Lipinski definition) is 4. The van der Waals surface area contributed by atoms with Gasteiger partial charge in [0, 0.05) is 16.3 Å². The number of carbonyl (C=O) groups excluding carboxylic acids is 2.